The van der Waals surface area contributed by atoms with Gasteiger partial charge in [-0.15, -0.1) is 0 Å². The summed E-state index contributed by atoms with van der Waals surface area (Å²) in [4.78, 5) is 20.6. The average Bonchev–Trinajstić information content (AvgIpc) is 3.03. The first-order valence-corrected chi connectivity index (χ1v) is 9.36. The summed E-state index contributed by atoms with van der Waals surface area (Å²) in [5, 5.41) is 8.08. The predicted octanol–water partition coefficient (Wildman–Crippen LogP) is 3.19. The number of fused-ring (bicyclic) bond motifs is 1. The molecule has 0 saturated carbocycles. The number of nitrogens with zero attached hydrogens (tertiary/aromatic N) is 4. The maximum Gasteiger partial charge on any atom is 0.422 e. The zero-order valence-corrected chi connectivity index (χ0v) is 16.8. The van der Waals surface area contributed by atoms with Crippen molar-refractivity contribution in [1.82, 2.24) is 25.1 Å². The molecule has 0 aliphatic carbocycles. The second-order valence-electron chi connectivity index (χ2n) is 7.26. The third kappa shape index (κ3) is 5.68. The van der Waals surface area contributed by atoms with Gasteiger partial charge in [-0.05, 0) is 38.5 Å². The lowest BCUT2D eigenvalue weighted by atomic mass is 10.2. The van der Waals surface area contributed by atoms with Crippen LogP contribution in [0.1, 0.15) is 30.8 Å². The highest BCUT2D eigenvalue weighted by Crippen LogP contribution is 2.22. The van der Waals surface area contributed by atoms with Crippen LogP contribution in [0, 0.1) is 6.92 Å². The minimum atomic E-state index is -4.40. The summed E-state index contributed by atoms with van der Waals surface area (Å²) in [7, 11) is 0. The predicted molar refractivity (Wildman–Crippen MR) is 104 cm³/mol. The van der Waals surface area contributed by atoms with Gasteiger partial charge in [0.25, 0.3) is 0 Å². The summed E-state index contributed by atoms with van der Waals surface area (Å²) in [6.45, 7) is 4.38. The number of aryl methyl sites for hydroxylation is 1. The molecule has 3 aromatic heterocycles. The van der Waals surface area contributed by atoms with Crippen molar-refractivity contribution in [3.05, 3.63) is 47.7 Å². The van der Waals surface area contributed by atoms with Gasteiger partial charge in [-0.3, -0.25) is 19.4 Å². The molecule has 160 valence electrons. The van der Waals surface area contributed by atoms with Crippen LogP contribution in [-0.4, -0.2) is 44.5 Å². The molecule has 0 radical (unpaired) electrons. The van der Waals surface area contributed by atoms with Crippen molar-refractivity contribution in [2.24, 2.45) is 0 Å². The SMILES string of the molecule is Cc1cc(Cn2cc3c(CC(=O)NC(C)C)nccc3n2)ncc1OCC(F)(F)F. The summed E-state index contributed by atoms with van der Waals surface area (Å²) in [5.74, 6) is -0.0335. The van der Waals surface area contributed by atoms with E-state index in [4.69, 9.17) is 4.74 Å². The molecule has 0 aliphatic heterocycles. The van der Waals surface area contributed by atoms with Crippen LogP contribution in [-0.2, 0) is 17.8 Å². The Labute approximate surface area is 171 Å². The van der Waals surface area contributed by atoms with E-state index in [-0.39, 0.29) is 24.1 Å². The van der Waals surface area contributed by atoms with Gasteiger partial charge in [-0.2, -0.15) is 18.3 Å². The zero-order valence-electron chi connectivity index (χ0n) is 16.8. The number of alkyl halides is 3. The summed E-state index contributed by atoms with van der Waals surface area (Å²) in [6.07, 6.45) is 0.406. The van der Waals surface area contributed by atoms with E-state index in [1.54, 1.807) is 36.1 Å². The van der Waals surface area contributed by atoms with Crippen LogP contribution in [0.2, 0.25) is 0 Å². The quantitative estimate of drug-likeness (QED) is 0.634. The van der Waals surface area contributed by atoms with Crippen LogP contribution in [0.5, 0.6) is 5.75 Å². The first-order chi connectivity index (χ1) is 14.1. The monoisotopic (exact) mass is 421 g/mol. The Hall–Kier alpha value is -3.17. The molecule has 0 fully saturated rings. The summed E-state index contributed by atoms with van der Waals surface area (Å²) in [6, 6.07) is 3.45. The summed E-state index contributed by atoms with van der Waals surface area (Å²) in [5.41, 5.74) is 2.48. The van der Waals surface area contributed by atoms with Gasteiger partial charge < -0.3 is 10.1 Å². The van der Waals surface area contributed by atoms with Crippen LogP contribution in [0.15, 0.2) is 30.7 Å². The molecule has 3 heterocycles. The Kier molecular flexibility index (Phi) is 6.23. The highest BCUT2D eigenvalue weighted by Gasteiger charge is 2.28. The fourth-order valence-electron chi connectivity index (χ4n) is 2.96. The molecule has 0 aromatic carbocycles. The second-order valence-corrected chi connectivity index (χ2v) is 7.26. The van der Waals surface area contributed by atoms with Crippen LogP contribution in [0.25, 0.3) is 10.9 Å². The number of amides is 1. The van der Waals surface area contributed by atoms with Gasteiger partial charge in [0.05, 0.1) is 36.1 Å². The zero-order chi connectivity index (χ0) is 21.9. The summed E-state index contributed by atoms with van der Waals surface area (Å²) >= 11 is 0. The van der Waals surface area contributed by atoms with Crippen LogP contribution < -0.4 is 10.1 Å². The molecule has 0 bridgehead atoms. The molecule has 0 atom stereocenters. The Morgan fingerprint density at radius 2 is 2.07 bits per heavy atom. The van der Waals surface area contributed by atoms with Crippen LogP contribution >= 0.6 is 0 Å². The maximum absolute atomic E-state index is 12.3. The third-order valence-electron chi connectivity index (χ3n) is 4.18. The molecule has 3 aromatic rings. The highest BCUT2D eigenvalue weighted by atomic mass is 19.4. The van der Waals surface area contributed by atoms with Crippen molar-refractivity contribution in [3.8, 4) is 5.75 Å². The number of pyridine rings is 2. The average molecular weight is 421 g/mol. The van der Waals surface area contributed by atoms with Gasteiger partial charge in [-0.25, -0.2) is 0 Å². The fourth-order valence-corrected chi connectivity index (χ4v) is 2.96. The number of aromatic nitrogens is 4. The number of hydrogen-bond acceptors (Lipinski definition) is 5. The van der Waals surface area contributed by atoms with Gasteiger partial charge >= 0.3 is 6.18 Å². The number of carbonyl (C=O) groups is 1. The Balaban J connectivity index is 1.75. The largest absolute Gasteiger partial charge is 0.482 e. The number of nitrogens with one attached hydrogen (secondary N) is 1. The van der Waals surface area contributed by atoms with Gasteiger partial charge in [0.1, 0.15) is 5.75 Å². The molecule has 1 N–H and O–H groups in total. The van der Waals surface area contributed by atoms with E-state index in [1.165, 1.54) is 6.20 Å². The van der Waals surface area contributed by atoms with Crippen molar-refractivity contribution < 1.29 is 22.7 Å². The highest BCUT2D eigenvalue weighted by molar-refractivity contribution is 5.86. The molecule has 0 unspecified atom stereocenters. The van der Waals surface area contributed by atoms with Crippen LogP contribution in [0.4, 0.5) is 13.2 Å². The molecule has 3 rings (SSSR count). The molecule has 0 aliphatic rings. The number of halogens is 3. The molecular weight excluding hydrogens is 399 g/mol. The maximum atomic E-state index is 12.3. The number of ether oxygens (including phenoxy) is 1. The van der Waals surface area contributed by atoms with E-state index in [9.17, 15) is 18.0 Å². The third-order valence-corrected chi connectivity index (χ3v) is 4.18. The van der Waals surface area contributed by atoms with Gasteiger partial charge in [0.15, 0.2) is 6.61 Å². The Morgan fingerprint density at radius 1 is 1.30 bits per heavy atom. The normalized spacial score (nSPS) is 11.8. The van der Waals surface area contributed by atoms with Gasteiger partial charge in [0.2, 0.25) is 5.91 Å². The van der Waals surface area contributed by atoms with Gasteiger partial charge in [-0.1, -0.05) is 0 Å². The minimum Gasteiger partial charge on any atom is -0.482 e. The molecular formula is C20H22F3N5O2. The number of carbonyl (C=O) groups excluding carboxylic acids is 1. The van der Waals surface area contributed by atoms with Crippen molar-refractivity contribution in [1.29, 1.82) is 0 Å². The lowest BCUT2D eigenvalue weighted by molar-refractivity contribution is -0.153. The van der Waals surface area contributed by atoms with Gasteiger partial charge in [0, 0.05) is 23.8 Å². The van der Waals surface area contributed by atoms with Crippen LogP contribution in [0.3, 0.4) is 0 Å². The summed E-state index contributed by atoms with van der Waals surface area (Å²) < 4.78 is 43.4. The van der Waals surface area contributed by atoms with Crippen molar-refractivity contribution in [3.63, 3.8) is 0 Å². The lowest BCUT2D eigenvalue weighted by Gasteiger charge is -2.11. The Morgan fingerprint density at radius 3 is 2.73 bits per heavy atom. The second kappa shape index (κ2) is 8.68. The van der Waals surface area contributed by atoms with E-state index < -0.39 is 12.8 Å². The fraction of sp³-hybridized carbons (Fsp3) is 0.400. The topological polar surface area (TPSA) is 81.9 Å². The first-order valence-electron chi connectivity index (χ1n) is 9.36. The van der Waals surface area contributed by atoms with E-state index >= 15 is 0 Å². The van der Waals surface area contributed by atoms with Crippen molar-refractivity contribution in [2.45, 2.75) is 46.0 Å². The molecule has 10 heteroatoms. The molecule has 30 heavy (non-hydrogen) atoms. The first kappa shape index (κ1) is 21.5. The van der Waals surface area contributed by atoms with E-state index in [0.717, 1.165) is 5.39 Å². The van der Waals surface area contributed by atoms with E-state index in [0.29, 0.717) is 29.0 Å². The molecule has 1 amide bonds. The molecule has 0 saturated heterocycles. The molecule has 0 spiro atoms. The minimum absolute atomic E-state index is 0.0387. The number of rotatable bonds is 7. The van der Waals surface area contributed by atoms with E-state index in [2.05, 4.69) is 20.4 Å². The Bertz CT molecular complexity index is 1050. The molecule has 7 nitrogen and oxygen atoms in total. The van der Waals surface area contributed by atoms with Crippen molar-refractivity contribution >= 4 is 16.8 Å². The van der Waals surface area contributed by atoms with E-state index in [1.807, 2.05) is 13.8 Å². The smallest absolute Gasteiger partial charge is 0.422 e. The lowest BCUT2D eigenvalue weighted by Crippen LogP contribution is -2.31. The number of hydrogen-bond donors (Lipinski definition) is 1. The van der Waals surface area contributed by atoms with Crippen molar-refractivity contribution in [2.75, 3.05) is 6.61 Å². The standard InChI is InChI=1S/C20H22F3N5O2/c1-12(2)26-19(29)7-17-15-10-28(27-16(15)4-5-24-17)9-14-6-13(3)18(8-25-14)30-11-20(21,22)23/h4-6,8,10,12H,7,9,11H2,1-3H3,(H,26,29).